The fourth-order valence-corrected chi connectivity index (χ4v) is 3.61. The SMILES string of the molecule is O=C(O)C(CCCc1ccccc1)NS(=O)(=O)c1ccc([N+](=O)[O-])cc1. The van der Waals surface area contributed by atoms with Gasteiger partial charge in [-0.2, -0.15) is 4.72 Å². The maximum Gasteiger partial charge on any atom is 0.321 e. The maximum absolute atomic E-state index is 12.3. The lowest BCUT2D eigenvalue weighted by Gasteiger charge is -2.15. The van der Waals surface area contributed by atoms with E-state index in [1.165, 1.54) is 0 Å². The Bertz CT molecular complexity index is 866. The number of carboxylic acids is 1. The minimum absolute atomic E-state index is 0.121. The number of sulfonamides is 1. The molecule has 0 aromatic heterocycles. The van der Waals surface area contributed by atoms with Crippen LogP contribution in [-0.4, -0.2) is 30.5 Å². The zero-order valence-electron chi connectivity index (χ0n) is 13.7. The van der Waals surface area contributed by atoms with Crippen LogP contribution in [-0.2, 0) is 21.2 Å². The second-order valence-corrected chi connectivity index (χ2v) is 7.35. The number of hydrogen-bond acceptors (Lipinski definition) is 5. The number of benzene rings is 2. The van der Waals surface area contributed by atoms with Crippen LogP contribution in [0.15, 0.2) is 59.5 Å². The molecule has 0 spiro atoms. The first-order chi connectivity index (χ1) is 12.3. The predicted octanol–water partition coefficient (Wildman–Crippen LogP) is 2.35. The van der Waals surface area contributed by atoms with Crippen LogP contribution >= 0.6 is 0 Å². The van der Waals surface area contributed by atoms with Crippen molar-refractivity contribution in [1.29, 1.82) is 0 Å². The van der Waals surface area contributed by atoms with Crippen LogP contribution in [0.3, 0.4) is 0 Å². The minimum atomic E-state index is -4.10. The third-order valence-electron chi connectivity index (χ3n) is 3.75. The van der Waals surface area contributed by atoms with Gasteiger partial charge >= 0.3 is 5.97 Å². The molecule has 2 aromatic carbocycles. The van der Waals surface area contributed by atoms with Crippen LogP contribution in [0.2, 0.25) is 0 Å². The van der Waals surface area contributed by atoms with Crippen LogP contribution in [0.4, 0.5) is 5.69 Å². The highest BCUT2D eigenvalue weighted by atomic mass is 32.2. The van der Waals surface area contributed by atoms with Gasteiger partial charge in [0.2, 0.25) is 10.0 Å². The first-order valence-electron chi connectivity index (χ1n) is 7.83. The van der Waals surface area contributed by atoms with Crippen molar-refractivity contribution in [3.05, 3.63) is 70.3 Å². The Labute approximate surface area is 150 Å². The van der Waals surface area contributed by atoms with E-state index in [4.69, 9.17) is 0 Å². The van der Waals surface area contributed by atoms with Gasteiger partial charge in [0, 0.05) is 12.1 Å². The monoisotopic (exact) mass is 378 g/mol. The standard InChI is InChI=1S/C17H18N2O6S/c20-17(21)16(8-4-7-13-5-2-1-3-6-13)18-26(24,25)15-11-9-14(10-12-15)19(22)23/h1-3,5-6,9-12,16,18H,4,7-8H2,(H,20,21). The molecule has 0 fully saturated rings. The first kappa shape index (κ1) is 19.5. The Morgan fingerprint density at radius 2 is 1.73 bits per heavy atom. The van der Waals surface area contributed by atoms with E-state index in [9.17, 15) is 28.4 Å². The second-order valence-electron chi connectivity index (χ2n) is 5.64. The summed E-state index contributed by atoms with van der Waals surface area (Å²) in [6, 6.07) is 12.4. The number of hydrogen-bond donors (Lipinski definition) is 2. The number of nitrogens with zero attached hydrogens (tertiary/aromatic N) is 1. The summed E-state index contributed by atoms with van der Waals surface area (Å²) in [5.74, 6) is -1.27. The van der Waals surface area contributed by atoms with Gasteiger partial charge in [0.15, 0.2) is 0 Å². The van der Waals surface area contributed by atoms with Crippen molar-refractivity contribution in [2.45, 2.75) is 30.2 Å². The van der Waals surface area contributed by atoms with Crippen molar-refractivity contribution in [2.24, 2.45) is 0 Å². The van der Waals surface area contributed by atoms with E-state index in [1.54, 1.807) is 0 Å². The Morgan fingerprint density at radius 1 is 1.12 bits per heavy atom. The Morgan fingerprint density at radius 3 is 2.27 bits per heavy atom. The smallest absolute Gasteiger partial charge is 0.321 e. The van der Waals surface area contributed by atoms with Crippen LogP contribution in [0.1, 0.15) is 18.4 Å². The van der Waals surface area contributed by atoms with Gasteiger partial charge in [-0.3, -0.25) is 14.9 Å². The molecule has 0 saturated heterocycles. The predicted molar refractivity (Wildman–Crippen MR) is 94.2 cm³/mol. The van der Waals surface area contributed by atoms with E-state index in [1.807, 2.05) is 30.3 Å². The molecule has 2 aromatic rings. The molecule has 0 aliphatic heterocycles. The van der Waals surface area contributed by atoms with Crippen molar-refractivity contribution in [3.8, 4) is 0 Å². The fourth-order valence-electron chi connectivity index (χ4n) is 2.39. The maximum atomic E-state index is 12.3. The highest BCUT2D eigenvalue weighted by Crippen LogP contribution is 2.17. The highest BCUT2D eigenvalue weighted by Gasteiger charge is 2.25. The highest BCUT2D eigenvalue weighted by molar-refractivity contribution is 7.89. The molecule has 8 nitrogen and oxygen atoms in total. The summed E-state index contributed by atoms with van der Waals surface area (Å²) >= 11 is 0. The normalized spacial score (nSPS) is 12.5. The lowest BCUT2D eigenvalue weighted by Crippen LogP contribution is -2.40. The van der Waals surface area contributed by atoms with E-state index in [2.05, 4.69) is 4.72 Å². The first-order valence-corrected chi connectivity index (χ1v) is 9.31. The van der Waals surface area contributed by atoms with Crippen LogP contribution in [0.25, 0.3) is 0 Å². The second kappa shape index (κ2) is 8.54. The minimum Gasteiger partial charge on any atom is -0.480 e. The summed E-state index contributed by atoms with van der Waals surface area (Å²) in [4.78, 5) is 21.1. The fraction of sp³-hybridized carbons (Fsp3) is 0.235. The summed E-state index contributed by atoms with van der Waals surface area (Å²) in [6.45, 7) is 0. The molecular weight excluding hydrogens is 360 g/mol. The van der Waals surface area contributed by atoms with Crippen molar-refractivity contribution < 1.29 is 23.2 Å². The van der Waals surface area contributed by atoms with Crippen molar-refractivity contribution in [1.82, 2.24) is 4.72 Å². The zero-order chi connectivity index (χ0) is 19.2. The van der Waals surface area contributed by atoms with Crippen LogP contribution in [0.5, 0.6) is 0 Å². The Kier molecular flexibility index (Phi) is 6.42. The molecule has 0 aliphatic carbocycles. The molecule has 138 valence electrons. The Balaban J connectivity index is 2.03. The van der Waals surface area contributed by atoms with Gasteiger partial charge in [-0.05, 0) is 37.0 Å². The molecule has 0 heterocycles. The van der Waals surface area contributed by atoms with Crippen molar-refractivity contribution in [3.63, 3.8) is 0 Å². The average Bonchev–Trinajstić information content (AvgIpc) is 2.61. The summed E-state index contributed by atoms with van der Waals surface area (Å²) < 4.78 is 26.8. The van der Waals surface area contributed by atoms with Gasteiger partial charge in [-0.15, -0.1) is 0 Å². The number of aryl methyl sites for hydroxylation is 1. The molecule has 0 saturated carbocycles. The Hall–Kier alpha value is -2.78. The van der Waals surface area contributed by atoms with Gasteiger partial charge in [0.05, 0.1) is 9.82 Å². The molecule has 2 rings (SSSR count). The van der Waals surface area contributed by atoms with E-state index in [0.29, 0.717) is 12.8 Å². The molecule has 1 unspecified atom stereocenters. The number of aliphatic carboxylic acids is 1. The number of carbonyl (C=O) groups is 1. The summed E-state index contributed by atoms with van der Waals surface area (Å²) in [6.07, 6.45) is 1.24. The lowest BCUT2D eigenvalue weighted by atomic mass is 10.1. The number of carboxylic acid groups (broad SMARTS) is 1. The summed E-state index contributed by atoms with van der Waals surface area (Å²) in [7, 11) is -4.10. The third-order valence-corrected chi connectivity index (χ3v) is 5.24. The molecule has 0 aliphatic rings. The molecule has 1 atom stereocenters. The topological polar surface area (TPSA) is 127 Å². The van der Waals surface area contributed by atoms with E-state index >= 15 is 0 Å². The van der Waals surface area contributed by atoms with Crippen molar-refractivity contribution in [2.75, 3.05) is 0 Å². The lowest BCUT2D eigenvalue weighted by molar-refractivity contribution is -0.384. The molecule has 9 heteroatoms. The van der Waals surface area contributed by atoms with E-state index < -0.39 is 27.0 Å². The number of nitro groups is 1. The number of nitro benzene ring substituents is 1. The van der Waals surface area contributed by atoms with Gasteiger partial charge in [0.25, 0.3) is 5.69 Å². The largest absolute Gasteiger partial charge is 0.480 e. The van der Waals surface area contributed by atoms with Gasteiger partial charge in [-0.25, -0.2) is 8.42 Å². The molecule has 0 bridgehead atoms. The number of non-ortho nitro benzene ring substituents is 1. The number of nitrogens with one attached hydrogen (secondary N) is 1. The number of rotatable bonds is 9. The quantitative estimate of drug-likeness (QED) is 0.509. The molecule has 0 radical (unpaired) electrons. The van der Waals surface area contributed by atoms with E-state index in [-0.39, 0.29) is 17.0 Å². The third kappa shape index (κ3) is 5.36. The molecule has 0 amide bonds. The van der Waals surface area contributed by atoms with E-state index in [0.717, 1.165) is 29.8 Å². The van der Waals surface area contributed by atoms with Gasteiger partial charge in [0.1, 0.15) is 6.04 Å². The molecule has 26 heavy (non-hydrogen) atoms. The van der Waals surface area contributed by atoms with Crippen molar-refractivity contribution >= 4 is 21.7 Å². The van der Waals surface area contributed by atoms with Crippen LogP contribution in [0, 0.1) is 10.1 Å². The molecular formula is C17H18N2O6S. The summed E-state index contributed by atoms with van der Waals surface area (Å²) in [5.41, 5.74) is 0.788. The van der Waals surface area contributed by atoms with Gasteiger partial charge < -0.3 is 5.11 Å². The van der Waals surface area contributed by atoms with Gasteiger partial charge in [-0.1, -0.05) is 30.3 Å². The zero-order valence-corrected chi connectivity index (χ0v) is 14.6. The average molecular weight is 378 g/mol. The summed E-state index contributed by atoms with van der Waals surface area (Å²) in [5, 5.41) is 19.9. The van der Waals surface area contributed by atoms with Crippen LogP contribution < -0.4 is 4.72 Å². The molecule has 2 N–H and O–H groups in total.